The lowest BCUT2D eigenvalue weighted by Crippen LogP contribution is -2.45. The standard InChI is InChI=1S/C20H30N4O6/c1-19(2,3)16-15(21-12-8-7-9-23(11-12)18(26)27)13(10-14(22-16)24(28)29)17(25)30-20(4,5)6/h10,12,21H,7-9,11H2,1-6H3,(H,26,27). The third-order valence-corrected chi connectivity index (χ3v) is 4.56. The Morgan fingerprint density at radius 2 is 1.93 bits per heavy atom. The van der Waals surface area contributed by atoms with Gasteiger partial charge in [-0.15, -0.1) is 0 Å². The van der Waals surface area contributed by atoms with Crippen molar-refractivity contribution in [2.45, 2.75) is 71.4 Å². The lowest BCUT2D eigenvalue weighted by molar-refractivity contribution is -0.389. The molecular weight excluding hydrogens is 392 g/mol. The van der Waals surface area contributed by atoms with Crippen LogP contribution in [0, 0.1) is 10.1 Å². The van der Waals surface area contributed by atoms with Gasteiger partial charge in [0, 0.05) is 24.5 Å². The van der Waals surface area contributed by atoms with Crippen LogP contribution in [0.25, 0.3) is 0 Å². The monoisotopic (exact) mass is 422 g/mol. The summed E-state index contributed by atoms with van der Waals surface area (Å²) in [6, 6.07) is 0.851. The van der Waals surface area contributed by atoms with Crippen LogP contribution in [0.4, 0.5) is 16.3 Å². The number of hydrogen-bond donors (Lipinski definition) is 2. The molecule has 0 bridgehead atoms. The molecular formula is C20H30N4O6. The fraction of sp³-hybridized carbons (Fsp3) is 0.650. The van der Waals surface area contributed by atoms with Gasteiger partial charge in [-0.05, 0) is 43.5 Å². The average molecular weight is 422 g/mol. The van der Waals surface area contributed by atoms with Gasteiger partial charge in [-0.25, -0.2) is 9.59 Å². The summed E-state index contributed by atoms with van der Waals surface area (Å²) in [5.74, 6) is -1.14. The third kappa shape index (κ3) is 5.80. The van der Waals surface area contributed by atoms with E-state index < -0.39 is 33.8 Å². The smallest absolute Gasteiger partial charge is 0.407 e. The molecule has 1 saturated heterocycles. The van der Waals surface area contributed by atoms with Crippen molar-refractivity contribution in [1.29, 1.82) is 0 Å². The number of hydrogen-bond acceptors (Lipinski definition) is 7. The summed E-state index contributed by atoms with van der Waals surface area (Å²) < 4.78 is 5.48. The zero-order valence-electron chi connectivity index (χ0n) is 18.3. The molecule has 1 aromatic heterocycles. The van der Waals surface area contributed by atoms with Crippen molar-refractivity contribution in [3.63, 3.8) is 0 Å². The minimum atomic E-state index is -1.01. The van der Waals surface area contributed by atoms with Crippen LogP contribution >= 0.6 is 0 Å². The molecule has 0 saturated carbocycles. The molecule has 1 unspecified atom stereocenters. The number of carbonyl (C=O) groups is 2. The fourth-order valence-corrected chi connectivity index (χ4v) is 3.28. The molecule has 2 N–H and O–H groups in total. The van der Waals surface area contributed by atoms with Gasteiger partial charge in [-0.1, -0.05) is 20.8 Å². The Hall–Kier alpha value is -2.91. The second kappa shape index (κ2) is 8.45. The number of carboxylic acid groups (broad SMARTS) is 1. The summed E-state index contributed by atoms with van der Waals surface area (Å²) in [4.78, 5) is 40.6. The molecule has 0 aliphatic carbocycles. The molecule has 1 aromatic rings. The molecule has 10 nitrogen and oxygen atoms in total. The first-order valence-electron chi connectivity index (χ1n) is 9.86. The van der Waals surface area contributed by atoms with Crippen molar-refractivity contribution >= 4 is 23.6 Å². The van der Waals surface area contributed by atoms with E-state index in [2.05, 4.69) is 10.3 Å². The number of ether oxygens (including phenoxy) is 1. The quantitative estimate of drug-likeness (QED) is 0.425. The van der Waals surface area contributed by atoms with Gasteiger partial charge in [-0.3, -0.25) is 0 Å². The maximum atomic E-state index is 12.9. The van der Waals surface area contributed by atoms with E-state index >= 15 is 0 Å². The zero-order valence-corrected chi connectivity index (χ0v) is 18.3. The molecule has 1 amide bonds. The van der Waals surface area contributed by atoms with E-state index in [-0.39, 0.29) is 18.2 Å². The SMILES string of the molecule is CC(C)(C)OC(=O)c1cc([N+](=O)[O-])nc(C(C)(C)C)c1NC1CCCN(C(=O)O)C1. The van der Waals surface area contributed by atoms with Crippen LogP contribution in [0.5, 0.6) is 0 Å². The number of piperidine rings is 1. The van der Waals surface area contributed by atoms with Gasteiger partial charge in [0.25, 0.3) is 0 Å². The Balaban J connectivity index is 2.57. The highest BCUT2D eigenvalue weighted by atomic mass is 16.6. The minimum Gasteiger partial charge on any atom is -0.465 e. The van der Waals surface area contributed by atoms with Gasteiger partial charge < -0.3 is 30.2 Å². The van der Waals surface area contributed by atoms with Crippen molar-refractivity contribution in [2.75, 3.05) is 18.4 Å². The summed E-state index contributed by atoms with van der Waals surface area (Å²) >= 11 is 0. The fourth-order valence-electron chi connectivity index (χ4n) is 3.28. The number of likely N-dealkylation sites (tertiary alicyclic amines) is 1. The van der Waals surface area contributed by atoms with E-state index in [4.69, 9.17) is 4.74 Å². The normalized spacial score (nSPS) is 17.4. The molecule has 0 aromatic carbocycles. The Bertz CT molecular complexity index is 841. The molecule has 30 heavy (non-hydrogen) atoms. The molecule has 0 spiro atoms. The Morgan fingerprint density at radius 3 is 2.43 bits per heavy atom. The third-order valence-electron chi connectivity index (χ3n) is 4.56. The maximum Gasteiger partial charge on any atom is 0.407 e. The first-order chi connectivity index (χ1) is 13.7. The topological polar surface area (TPSA) is 135 Å². The molecule has 0 radical (unpaired) electrons. The summed E-state index contributed by atoms with van der Waals surface area (Å²) in [5, 5.41) is 24.0. The average Bonchev–Trinajstić information content (AvgIpc) is 2.59. The summed E-state index contributed by atoms with van der Waals surface area (Å²) in [6.45, 7) is 11.3. The summed E-state index contributed by atoms with van der Waals surface area (Å²) in [6.07, 6.45) is 0.349. The first-order valence-corrected chi connectivity index (χ1v) is 9.86. The van der Waals surface area contributed by atoms with Gasteiger partial charge in [0.15, 0.2) is 5.69 Å². The van der Waals surface area contributed by atoms with Crippen molar-refractivity contribution in [3.05, 3.63) is 27.4 Å². The zero-order chi connectivity index (χ0) is 22.9. The van der Waals surface area contributed by atoms with Crippen molar-refractivity contribution in [3.8, 4) is 0 Å². The molecule has 1 fully saturated rings. The minimum absolute atomic E-state index is 0.0176. The van der Waals surface area contributed by atoms with Gasteiger partial charge in [0.1, 0.15) is 5.60 Å². The van der Waals surface area contributed by atoms with Crippen LogP contribution in [0.1, 0.15) is 70.4 Å². The number of nitrogens with zero attached hydrogens (tertiary/aromatic N) is 3. The molecule has 2 rings (SSSR count). The number of carbonyl (C=O) groups excluding carboxylic acids is 1. The number of rotatable bonds is 4. The largest absolute Gasteiger partial charge is 0.465 e. The summed E-state index contributed by atoms with van der Waals surface area (Å²) in [5.41, 5.74) is -0.695. The molecule has 1 atom stereocenters. The number of nitro groups is 1. The highest BCUT2D eigenvalue weighted by molar-refractivity contribution is 5.97. The second-order valence-electron chi connectivity index (χ2n) is 9.47. The molecule has 2 heterocycles. The number of aromatic nitrogens is 1. The van der Waals surface area contributed by atoms with Crippen LogP contribution in [-0.2, 0) is 10.2 Å². The number of pyridine rings is 1. The lowest BCUT2D eigenvalue weighted by atomic mass is 9.88. The van der Waals surface area contributed by atoms with E-state index in [0.29, 0.717) is 30.8 Å². The van der Waals surface area contributed by atoms with E-state index in [0.717, 1.165) is 6.07 Å². The number of anilines is 1. The van der Waals surface area contributed by atoms with E-state index in [1.165, 1.54) is 4.90 Å². The van der Waals surface area contributed by atoms with Crippen LogP contribution in [0.3, 0.4) is 0 Å². The van der Waals surface area contributed by atoms with E-state index in [1.807, 2.05) is 20.8 Å². The first kappa shape index (κ1) is 23.4. The van der Waals surface area contributed by atoms with Gasteiger partial charge in [0.05, 0.1) is 17.3 Å². The Kier molecular flexibility index (Phi) is 6.58. The predicted octanol–water partition coefficient (Wildman–Crippen LogP) is 3.80. The highest BCUT2D eigenvalue weighted by Gasteiger charge is 2.35. The molecule has 1 aliphatic rings. The van der Waals surface area contributed by atoms with E-state index in [1.54, 1.807) is 20.8 Å². The number of nitrogens with one attached hydrogen (secondary N) is 1. The van der Waals surface area contributed by atoms with Crippen molar-refractivity contribution in [1.82, 2.24) is 9.88 Å². The Labute approximate surface area is 175 Å². The Morgan fingerprint density at radius 1 is 1.30 bits per heavy atom. The van der Waals surface area contributed by atoms with Crippen LogP contribution < -0.4 is 5.32 Å². The van der Waals surface area contributed by atoms with Gasteiger partial charge in [-0.2, -0.15) is 0 Å². The lowest BCUT2D eigenvalue weighted by Gasteiger charge is -2.33. The van der Waals surface area contributed by atoms with E-state index in [9.17, 15) is 24.8 Å². The molecule has 1 aliphatic heterocycles. The van der Waals surface area contributed by atoms with Gasteiger partial charge >= 0.3 is 17.9 Å². The van der Waals surface area contributed by atoms with Crippen molar-refractivity contribution in [2.24, 2.45) is 0 Å². The summed E-state index contributed by atoms with van der Waals surface area (Å²) in [7, 11) is 0. The van der Waals surface area contributed by atoms with Crippen LogP contribution in [0.15, 0.2) is 6.07 Å². The molecule has 10 heteroatoms. The van der Waals surface area contributed by atoms with Crippen LogP contribution in [-0.4, -0.2) is 56.7 Å². The molecule has 166 valence electrons. The van der Waals surface area contributed by atoms with Crippen molar-refractivity contribution < 1.29 is 24.4 Å². The van der Waals surface area contributed by atoms with Crippen LogP contribution in [0.2, 0.25) is 0 Å². The predicted molar refractivity (Wildman–Crippen MR) is 111 cm³/mol. The highest BCUT2D eigenvalue weighted by Crippen LogP contribution is 2.35. The maximum absolute atomic E-state index is 12.9. The number of amides is 1. The number of esters is 1. The van der Waals surface area contributed by atoms with Gasteiger partial charge in [0.2, 0.25) is 0 Å². The second-order valence-corrected chi connectivity index (χ2v) is 9.47.